The van der Waals surface area contributed by atoms with Crippen molar-refractivity contribution >= 4 is 23.2 Å². The van der Waals surface area contributed by atoms with Gasteiger partial charge in [0.25, 0.3) is 0 Å². The summed E-state index contributed by atoms with van der Waals surface area (Å²) in [6.45, 7) is 6.59. The van der Waals surface area contributed by atoms with E-state index in [4.69, 9.17) is 55.4 Å². The van der Waals surface area contributed by atoms with E-state index in [1.165, 1.54) is 0 Å². The molecule has 0 bridgehead atoms. The molecule has 0 fully saturated rings. The van der Waals surface area contributed by atoms with Crippen molar-refractivity contribution in [1.29, 1.82) is 0 Å². The SMILES string of the molecule is C#CCOCC(N)(COCC#C)COCC#C.CC(C)(C)OC(=O)C(N)CCC(N)=S. The molecular formula is C22H35N3O5S. The number of carbonyl (C=O) groups is 1. The molecular weight excluding hydrogens is 418 g/mol. The Morgan fingerprint density at radius 3 is 1.65 bits per heavy atom. The Bertz CT molecular complexity index is 606. The van der Waals surface area contributed by atoms with Crippen molar-refractivity contribution in [2.75, 3.05) is 39.6 Å². The first kappa shape index (κ1) is 31.0. The van der Waals surface area contributed by atoms with Crippen molar-refractivity contribution in [2.45, 2.75) is 50.8 Å². The van der Waals surface area contributed by atoms with Crippen molar-refractivity contribution in [3.05, 3.63) is 0 Å². The van der Waals surface area contributed by atoms with E-state index < -0.39 is 23.2 Å². The highest BCUT2D eigenvalue weighted by molar-refractivity contribution is 7.80. The first-order valence-corrected chi connectivity index (χ1v) is 9.91. The predicted molar refractivity (Wildman–Crippen MR) is 126 cm³/mol. The molecule has 0 saturated carbocycles. The summed E-state index contributed by atoms with van der Waals surface area (Å²) in [5, 5.41) is 0. The molecule has 31 heavy (non-hydrogen) atoms. The first-order valence-electron chi connectivity index (χ1n) is 9.50. The number of ether oxygens (including phenoxy) is 4. The minimum absolute atomic E-state index is 0.184. The zero-order valence-corrected chi connectivity index (χ0v) is 19.5. The summed E-state index contributed by atoms with van der Waals surface area (Å²) in [7, 11) is 0. The zero-order valence-electron chi connectivity index (χ0n) is 18.6. The molecule has 0 aromatic carbocycles. The normalized spacial score (nSPS) is 11.7. The third-order valence-electron chi connectivity index (χ3n) is 3.14. The van der Waals surface area contributed by atoms with Gasteiger partial charge in [-0.3, -0.25) is 4.79 Å². The summed E-state index contributed by atoms with van der Waals surface area (Å²) in [5.41, 5.74) is 15.6. The minimum Gasteiger partial charge on any atom is -0.459 e. The fourth-order valence-corrected chi connectivity index (χ4v) is 1.98. The van der Waals surface area contributed by atoms with Crippen LogP contribution in [-0.4, -0.2) is 67.8 Å². The molecule has 0 aromatic rings. The minimum atomic E-state index is -0.801. The van der Waals surface area contributed by atoms with Gasteiger partial charge in [0.05, 0.1) is 30.3 Å². The maximum Gasteiger partial charge on any atom is 0.323 e. The fraction of sp³-hybridized carbons (Fsp3) is 0.636. The van der Waals surface area contributed by atoms with Crippen LogP contribution in [-0.2, 0) is 23.7 Å². The average Bonchev–Trinajstić information content (AvgIpc) is 2.66. The molecule has 0 amide bonds. The van der Waals surface area contributed by atoms with Crippen molar-refractivity contribution < 1.29 is 23.7 Å². The number of thiocarbonyl (C=S) groups is 1. The van der Waals surface area contributed by atoms with Gasteiger partial charge in [-0.2, -0.15) is 0 Å². The summed E-state index contributed by atoms with van der Waals surface area (Å²) >= 11 is 4.68. The van der Waals surface area contributed by atoms with E-state index in [2.05, 4.69) is 30.0 Å². The maximum atomic E-state index is 11.3. The second kappa shape index (κ2) is 17.5. The number of hydrogen-bond donors (Lipinski definition) is 3. The Labute approximate surface area is 191 Å². The highest BCUT2D eigenvalue weighted by atomic mass is 32.1. The number of rotatable bonds is 13. The highest BCUT2D eigenvalue weighted by Crippen LogP contribution is 2.09. The molecule has 0 aromatic heterocycles. The van der Waals surface area contributed by atoms with Crippen LogP contribution in [0.4, 0.5) is 0 Å². The summed E-state index contributed by atoms with van der Waals surface area (Å²) in [4.78, 5) is 11.7. The van der Waals surface area contributed by atoms with Gasteiger partial charge in [0.15, 0.2) is 0 Å². The lowest BCUT2D eigenvalue weighted by Gasteiger charge is -2.27. The van der Waals surface area contributed by atoms with Gasteiger partial charge < -0.3 is 36.1 Å². The quantitative estimate of drug-likeness (QED) is 0.156. The number of carbonyl (C=O) groups excluding carboxylic acids is 1. The molecule has 0 aliphatic heterocycles. The van der Waals surface area contributed by atoms with Crippen LogP contribution in [0, 0.1) is 37.0 Å². The van der Waals surface area contributed by atoms with Crippen molar-refractivity contribution in [1.82, 2.24) is 0 Å². The second-order valence-corrected chi connectivity index (χ2v) is 8.12. The Kier molecular flexibility index (Phi) is 17.5. The van der Waals surface area contributed by atoms with Gasteiger partial charge in [0.1, 0.15) is 31.5 Å². The van der Waals surface area contributed by atoms with Gasteiger partial charge >= 0.3 is 5.97 Å². The number of esters is 1. The molecule has 174 valence electrons. The predicted octanol–water partition coefficient (Wildman–Crippen LogP) is 0.355. The molecule has 0 aliphatic carbocycles. The summed E-state index contributed by atoms with van der Waals surface area (Å²) in [6, 6.07) is -0.643. The smallest absolute Gasteiger partial charge is 0.323 e. The van der Waals surface area contributed by atoms with E-state index in [-0.39, 0.29) is 39.6 Å². The van der Waals surface area contributed by atoms with Gasteiger partial charge in [-0.25, -0.2) is 0 Å². The Balaban J connectivity index is 0. The standard InChI is InChI=1S/C13H17NO3.C9H18N2O2S/c1-4-7-15-10-13(14,11-16-8-5-2)12-17-9-6-3;1-9(2,3)13-8(12)6(10)4-5-7(11)14/h1-3H,7-12,14H2;6H,4-5,10H2,1-3H3,(H2,11,14). The van der Waals surface area contributed by atoms with E-state index in [0.717, 1.165) is 0 Å². The number of hydrogen-bond acceptors (Lipinski definition) is 8. The van der Waals surface area contributed by atoms with Crippen molar-refractivity contribution in [3.8, 4) is 37.0 Å². The van der Waals surface area contributed by atoms with E-state index in [0.29, 0.717) is 17.8 Å². The molecule has 0 saturated heterocycles. The van der Waals surface area contributed by atoms with E-state index in [9.17, 15) is 4.79 Å². The molecule has 0 rings (SSSR count). The highest BCUT2D eigenvalue weighted by Gasteiger charge is 2.26. The number of nitrogens with two attached hydrogens (primary N) is 3. The first-order chi connectivity index (χ1) is 14.4. The van der Waals surface area contributed by atoms with Crippen LogP contribution in [0.25, 0.3) is 0 Å². The van der Waals surface area contributed by atoms with Gasteiger partial charge in [-0.1, -0.05) is 30.0 Å². The molecule has 1 unspecified atom stereocenters. The zero-order chi connectivity index (χ0) is 24.3. The second-order valence-electron chi connectivity index (χ2n) is 7.60. The monoisotopic (exact) mass is 453 g/mol. The molecule has 6 N–H and O–H groups in total. The van der Waals surface area contributed by atoms with Gasteiger partial charge in [-0.15, -0.1) is 19.3 Å². The third-order valence-corrected chi connectivity index (χ3v) is 3.34. The van der Waals surface area contributed by atoms with Crippen molar-refractivity contribution in [2.24, 2.45) is 17.2 Å². The molecule has 0 spiro atoms. The number of terminal acetylenes is 3. The van der Waals surface area contributed by atoms with Gasteiger partial charge in [0, 0.05) is 0 Å². The van der Waals surface area contributed by atoms with Gasteiger partial charge in [-0.05, 0) is 33.6 Å². The van der Waals surface area contributed by atoms with Crippen LogP contribution >= 0.6 is 12.2 Å². The lowest BCUT2D eigenvalue weighted by atomic mass is 10.1. The lowest BCUT2D eigenvalue weighted by Crippen LogP contribution is -2.53. The summed E-state index contributed by atoms with van der Waals surface area (Å²) in [5.74, 6) is 6.64. The van der Waals surface area contributed by atoms with Crippen LogP contribution in [0.1, 0.15) is 33.6 Å². The van der Waals surface area contributed by atoms with Crippen LogP contribution in [0.2, 0.25) is 0 Å². The van der Waals surface area contributed by atoms with Gasteiger partial charge in [0.2, 0.25) is 0 Å². The Morgan fingerprint density at radius 2 is 1.35 bits per heavy atom. The molecule has 1 atom stereocenters. The van der Waals surface area contributed by atoms with E-state index in [1.54, 1.807) is 20.8 Å². The Morgan fingerprint density at radius 1 is 0.968 bits per heavy atom. The van der Waals surface area contributed by atoms with Crippen LogP contribution < -0.4 is 17.2 Å². The molecule has 9 heteroatoms. The third kappa shape index (κ3) is 20.9. The lowest BCUT2D eigenvalue weighted by molar-refractivity contribution is -0.156. The summed E-state index contributed by atoms with van der Waals surface area (Å²) < 4.78 is 20.6. The molecule has 0 radical (unpaired) electrons. The van der Waals surface area contributed by atoms with Crippen molar-refractivity contribution in [3.63, 3.8) is 0 Å². The average molecular weight is 454 g/mol. The molecule has 0 heterocycles. The van der Waals surface area contributed by atoms with Crippen LogP contribution in [0.5, 0.6) is 0 Å². The largest absolute Gasteiger partial charge is 0.459 e. The molecule has 8 nitrogen and oxygen atoms in total. The van der Waals surface area contributed by atoms with E-state index in [1.807, 2.05) is 0 Å². The topological polar surface area (TPSA) is 132 Å². The molecule has 0 aliphatic rings. The maximum absolute atomic E-state index is 11.3. The van der Waals surface area contributed by atoms with Crippen LogP contribution in [0.15, 0.2) is 0 Å². The Hall–Kier alpha value is -2.16. The fourth-order valence-electron chi connectivity index (χ4n) is 1.86. The van der Waals surface area contributed by atoms with Crippen LogP contribution in [0.3, 0.4) is 0 Å². The van der Waals surface area contributed by atoms with E-state index >= 15 is 0 Å². The summed E-state index contributed by atoms with van der Waals surface area (Å²) in [6.07, 6.45) is 16.1.